The number of Topliss-reactive ketones (excluding diaryl/α,β-unsaturated/α-hetero) is 1. The van der Waals surface area contributed by atoms with E-state index >= 15 is 0 Å². The van der Waals surface area contributed by atoms with Gasteiger partial charge >= 0.3 is 0 Å². The third-order valence-electron chi connectivity index (χ3n) is 6.02. The van der Waals surface area contributed by atoms with E-state index in [9.17, 15) is 14.7 Å². The third-order valence-corrected chi connectivity index (χ3v) is 6.88. The van der Waals surface area contributed by atoms with Crippen LogP contribution in [-0.4, -0.2) is 40.9 Å². The minimum Gasteiger partial charge on any atom is -0.507 e. The number of carbonyl (C=O) groups is 2. The molecule has 5 rings (SSSR count). The lowest BCUT2D eigenvalue weighted by Gasteiger charge is -2.26. The predicted molar refractivity (Wildman–Crippen MR) is 130 cm³/mol. The second kappa shape index (κ2) is 8.72. The molecule has 2 aromatic heterocycles. The van der Waals surface area contributed by atoms with Crippen LogP contribution >= 0.6 is 11.3 Å². The summed E-state index contributed by atoms with van der Waals surface area (Å²) in [5.74, 6) is -0.787. The molecule has 0 aliphatic carbocycles. The van der Waals surface area contributed by atoms with Gasteiger partial charge in [0.05, 0.1) is 32.4 Å². The Morgan fingerprint density at radius 2 is 1.88 bits per heavy atom. The van der Waals surface area contributed by atoms with E-state index in [0.717, 1.165) is 15.8 Å². The number of hydrogen-bond acceptors (Lipinski definition) is 6. The summed E-state index contributed by atoms with van der Waals surface area (Å²) in [6.07, 6.45) is 1.65. The quantitative estimate of drug-likeness (QED) is 0.236. The molecule has 1 amide bonds. The monoisotopic (exact) mass is 474 g/mol. The summed E-state index contributed by atoms with van der Waals surface area (Å²) in [4.78, 5) is 32.2. The number of methoxy groups -OCH3 is 2. The van der Waals surface area contributed by atoms with Crippen LogP contribution in [0.25, 0.3) is 16.7 Å². The Hall–Kier alpha value is -4.04. The molecule has 1 fully saturated rings. The minimum atomic E-state index is -0.860. The molecule has 1 aliphatic heterocycles. The summed E-state index contributed by atoms with van der Waals surface area (Å²) >= 11 is 1.49. The molecule has 172 valence electrons. The van der Waals surface area contributed by atoms with Crippen molar-refractivity contribution >= 4 is 39.7 Å². The second-order valence-electron chi connectivity index (χ2n) is 7.84. The maximum atomic E-state index is 13.4. The molecule has 0 radical (unpaired) electrons. The lowest BCUT2D eigenvalue weighted by atomic mass is 9.94. The van der Waals surface area contributed by atoms with Crippen molar-refractivity contribution in [3.05, 3.63) is 87.8 Å². The molecule has 34 heavy (non-hydrogen) atoms. The number of H-pyrrole nitrogens is 1. The van der Waals surface area contributed by atoms with Crippen LogP contribution in [0.2, 0.25) is 0 Å². The zero-order valence-electron chi connectivity index (χ0n) is 18.6. The van der Waals surface area contributed by atoms with Crippen molar-refractivity contribution in [3.8, 4) is 11.5 Å². The van der Waals surface area contributed by atoms with Gasteiger partial charge in [-0.15, -0.1) is 11.3 Å². The Labute approximate surface area is 199 Å². The van der Waals surface area contributed by atoms with Gasteiger partial charge in [-0.3, -0.25) is 9.59 Å². The van der Waals surface area contributed by atoms with Crippen molar-refractivity contribution in [2.75, 3.05) is 14.2 Å². The molecule has 3 heterocycles. The van der Waals surface area contributed by atoms with Gasteiger partial charge in [-0.1, -0.05) is 36.4 Å². The highest BCUT2D eigenvalue weighted by Crippen LogP contribution is 2.46. The second-order valence-corrected chi connectivity index (χ2v) is 8.87. The number of aromatic amines is 1. The van der Waals surface area contributed by atoms with E-state index in [0.29, 0.717) is 22.6 Å². The number of hydrogen-bond donors (Lipinski definition) is 2. The first kappa shape index (κ1) is 21.8. The molecule has 8 heteroatoms. The average Bonchev–Trinajstić information content (AvgIpc) is 3.59. The first-order valence-electron chi connectivity index (χ1n) is 10.6. The molecule has 4 aromatic rings. The fourth-order valence-corrected chi connectivity index (χ4v) is 5.18. The van der Waals surface area contributed by atoms with Crippen LogP contribution in [0.15, 0.2) is 71.7 Å². The van der Waals surface area contributed by atoms with Gasteiger partial charge < -0.3 is 24.5 Å². The van der Waals surface area contributed by atoms with Crippen LogP contribution in [0.1, 0.15) is 22.0 Å². The highest BCUT2D eigenvalue weighted by Gasteiger charge is 2.47. The Bertz CT molecular complexity index is 1420. The first-order chi connectivity index (χ1) is 16.5. The van der Waals surface area contributed by atoms with Gasteiger partial charge in [-0.2, -0.15) is 0 Å². The summed E-state index contributed by atoms with van der Waals surface area (Å²) in [5.41, 5.74) is 1.83. The number of rotatable bonds is 6. The van der Waals surface area contributed by atoms with E-state index in [-0.39, 0.29) is 17.9 Å². The Morgan fingerprint density at radius 1 is 1.06 bits per heavy atom. The number of aromatic nitrogens is 1. The summed E-state index contributed by atoms with van der Waals surface area (Å²) in [5, 5.41) is 14.1. The smallest absolute Gasteiger partial charge is 0.295 e. The first-order valence-corrected chi connectivity index (χ1v) is 11.5. The summed E-state index contributed by atoms with van der Waals surface area (Å²) < 4.78 is 11.1. The van der Waals surface area contributed by atoms with Crippen molar-refractivity contribution in [3.63, 3.8) is 0 Å². The number of nitrogens with one attached hydrogen (secondary N) is 1. The maximum absolute atomic E-state index is 13.4. The summed E-state index contributed by atoms with van der Waals surface area (Å²) in [6.45, 7) is 0.220. The Kier molecular flexibility index (Phi) is 5.59. The van der Waals surface area contributed by atoms with Crippen molar-refractivity contribution in [1.29, 1.82) is 0 Å². The van der Waals surface area contributed by atoms with Gasteiger partial charge in [0.1, 0.15) is 5.76 Å². The molecule has 1 unspecified atom stereocenters. The molecule has 0 spiro atoms. The number of amides is 1. The van der Waals surface area contributed by atoms with Gasteiger partial charge in [0.2, 0.25) is 0 Å². The van der Waals surface area contributed by atoms with Crippen molar-refractivity contribution in [2.45, 2.75) is 12.6 Å². The number of para-hydroxylation sites is 2. The molecule has 1 saturated heterocycles. The highest BCUT2D eigenvalue weighted by molar-refractivity contribution is 7.09. The van der Waals surface area contributed by atoms with Crippen LogP contribution in [0.4, 0.5) is 0 Å². The summed E-state index contributed by atoms with van der Waals surface area (Å²) in [6, 6.07) is 15.7. The number of benzene rings is 2. The van der Waals surface area contributed by atoms with Gasteiger partial charge in [0.15, 0.2) is 11.5 Å². The fraction of sp³-hybridized carbons (Fsp3) is 0.154. The number of nitrogens with zero attached hydrogens (tertiary/aromatic N) is 1. The van der Waals surface area contributed by atoms with Gasteiger partial charge in [-0.25, -0.2) is 0 Å². The molecule has 0 bridgehead atoms. The SMILES string of the molecule is COc1cccc(C2/C(=C(\O)c3c[nH]c4ccccc34)C(=O)C(=O)N2Cc2cccs2)c1OC. The van der Waals surface area contributed by atoms with E-state index in [1.165, 1.54) is 30.5 Å². The van der Waals surface area contributed by atoms with E-state index in [1.807, 2.05) is 41.8 Å². The fourth-order valence-electron chi connectivity index (χ4n) is 4.48. The van der Waals surface area contributed by atoms with E-state index in [2.05, 4.69) is 4.98 Å². The number of thiophene rings is 1. The zero-order chi connectivity index (χ0) is 23.8. The van der Waals surface area contributed by atoms with Crippen LogP contribution in [0.5, 0.6) is 11.5 Å². The van der Waals surface area contributed by atoms with Crippen molar-refractivity contribution < 1.29 is 24.2 Å². The van der Waals surface area contributed by atoms with Crippen LogP contribution in [-0.2, 0) is 16.1 Å². The lowest BCUT2D eigenvalue weighted by molar-refractivity contribution is -0.140. The zero-order valence-corrected chi connectivity index (χ0v) is 19.4. The number of aliphatic hydroxyl groups is 1. The highest BCUT2D eigenvalue weighted by atomic mass is 32.1. The molecule has 2 aromatic carbocycles. The van der Waals surface area contributed by atoms with E-state index < -0.39 is 17.7 Å². The van der Waals surface area contributed by atoms with Crippen molar-refractivity contribution in [1.82, 2.24) is 9.88 Å². The van der Waals surface area contributed by atoms with Gasteiger partial charge in [0.25, 0.3) is 11.7 Å². The molecule has 1 atom stereocenters. The van der Waals surface area contributed by atoms with Crippen LogP contribution in [0, 0.1) is 0 Å². The normalized spacial score (nSPS) is 17.5. The Morgan fingerprint density at radius 3 is 2.62 bits per heavy atom. The van der Waals surface area contributed by atoms with Crippen LogP contribution in [0.3, 0.4) is 0 Å². The van der Waals surface area contributed by atoms with Crippen LogP contribution < -0.4 is 9.47 Å². The third kappa shape index (κ3) is 3.43. The number of carbonyl (C=O) groups excluding carboxylic acids is 2. The standard InChI is InChI=1S/C26H22N2O5S/c1-32-20-11-5-9-17(25(20)33-2)22-21(23(29)18-13-27-19-10-4-3-8-16(18)19)24(30)26(31)28(22)14-15-7-6-12-34-15/h3-13,22,27,29H,14H2,1-2H3/b23-21+. The topological polar surface area (TPSA) is 91.9 Å². The Balaban J connectivity index is 1.75. The number of likely N-dealkylation sites (tertiary alicyclic amines) is 1. The average molecular weight is 475 g/mol. The van der Waals surface area contributed by atoms with Crippen molar-refractivity contribution in [2.24, 2.45) is 0 Å². The van der Waals surface area contributed by atoms with Gasteiger partial charge in [-0.05, 0) is 23.6 Å². The number of fused-ring (bicyclic) bond motifs is 1. The summed E-state index contributed by atoms with van der Waals surface area (Å²) in [7, 11) is 3.03. The van der Waals surface area contributed by atoms with E-state index in [1.54, 1.807) is 24.4 Å². The van der Waals surface area contributed by atoms with Gasteiger partial charge in [0, 0.05) is 33.1 Å². The molecular weight excluding hydrogens is 452 g/mol. The number of ketones is 1. The molecule has 2 N–H and O–H groups in total. The van der Waals surface area contributed by atoms with E-state index in [4.69, 9.17) is 9.47 Å². The predicted octanol–water partition coefficient (Wildman–Crippen LogP) is 4.87. The molecule has 0 saturated carbocycles. The maximum Gasteiger partial charge on any atom is 0.295 e. The lowest BCUT2D eigenvalue weighted by Crippen LogP contribution is -2.29. The number of aliphatic hydroxyl groups excluding tert-OH is 1. The molecule has 1 aliphatic rings. The molecule has 7 nitrogen and oxygen atoms in total. The largest absolute Gasteiger partial charge is 0.507 e. The molecular formula is C26H22N2O5S. The number of ether oxygens (including phenoxy) is 2. The minimum absolute atomic E-state index is 0.0119.